The zero-order valence-electron chi connectivity index (χ0n) is 14.8. The predicted octanol–water partition coefficient (Wildman–Crippen LogP) is 1.95. The van der Waals surface area contributed by atoms with Crippen LogP contribution in [0.2, 0.25) is 0 Å². The maximum absolute atomic E-state index is 10.2. The van der Waals surface area contributed by atoms with Crippen molar-refractivity contribution in [3.8, 4) is 11.5 Å². The van der Waals surface area contributed by atoms with Crippen molar-refractivity contribution in [2.75, 3.05) is 33.4 Å². The van der Waals surface area contributed by atoms with Crippen molar-refractivity contribution in [2.24, 2.45) is 10.7 Å². The summed E-state index contributed by atoms with van der Waals surface area (Å²) in [6, 6.07) is 3.91. The third kappa shape index (κ3) is 2.87. The van der Waals surface area contributed by atoms with Gasteiger partial charge in [0.15, 0.2) is 11.5 Å². The normalized spacial score (nSPS) is 22.4. The van der Waals surface area contributed by atoms with Crippen LogP contribution in [0.3, 0.4) is 0 Å². The van der Waals surface area contributed by atoms with Gasteiger partial charge in [-0.25, -0.2) is 4.99 Å². The van der Waals surface area contributed by atoms with Gasteiger partial charge in [0.1, 0.15) is 18.5 Å². The Morgan fingerprint density at radius 2 is 2.00 bits per heavy atom. The van der Waals surface area contributed by atoms with Gasteiger partial charge >= 0.3 is 0 Å². The summed E-state index contributed by atoms with van der Waals surface area (Å²) in [5, 5.41) is 10.2. The second-order valence-electron chi connectivity index (χ2n) is 7.43. The summed E-state index contributed by atoms with van der Waals surface area (Å²) in [5.74, 6) is 2.01. The van der Waals surface area contributed by atoms with Crippen LogP contribution in [0.25, 0.3) is 0 Å². The van der Waals surface area contributed by atoms with Crippen molar-refractivity contribution in [2.45, 2.75) is 43.6 Å². The fourth-order valence-corrected chi connectivity index (χ4v) is 4.23. The molecule has 1 aromatic carbocycles. The zero-order chi connectivity index (χ0) is 17.4. The Morgan fingerprint density at radius 1 is 1.24 bits per heavy atom. The second-order valence-corrected chi connectivity index (χ2v) is 7.43. The van der Waals surface area contributed by atoms with Crippen LogP contribution in [-0.4, -0.2) is 55.3 Å². The molecule has 3 aliphatic rings. The molecule has 1 atom stereocenters. The maximum atomic E-state index is 10.2. The minimum absolute atomic E-state index is 0.0869. The van der Waals surface area contributed by atoms with E-state index in [1.165, 1.54) is 19.3 Å². The zero-order valence-corrected chi connectivity index (χ0v) is 14.8. The van der Waals surface area contributed by atoms with E-state index < -0.39 is 6.10 Å². The molecule has 6 nitrogen and oxygen atoms in total. The summed E-state index contributed by atoms with van der Waals surface area (Å²) >= 11 is 0. The number of nitrogens with two attached hydrogens (primary N) is 1. The van der Waals surface area contributed by atoms with Crippen LogP contribution in [0.4, 0.5) is 5.69 Å². The van der Waals surface area contributed by atoms with Crippen LogP contribution in [0.15, 0.2) is 17.1 Å². The first-order chi connectivity index (χ1) is 12.1. The highest BCUT2D eigenvalue weighted by Gasteiger charge is 2.47. The fourth-order valence-electron chi connectivity index (χ4n) is 4.23. The number of fused-ring (bicyclic) bond motifs is 2. The number of likely N-dealkylation sites (tertiary alicyclic amines) is 1. The van der Waals surface area contributed by atoms with Crippen LogP contribution >= 0.6 is 0 Å². The van der Waals surface area contributed by atoms with Gasteiger partial charge in [-0.1, -0.05) is 6.42 Å². The van der Waals surface area contributed by atoms with Crippen LogP contribution in [-0.2, 0) is 5.41 Å². The van der Waals surface area contributed by atoms with Gasteiger partial charge in [0, 0.05) is 12.6 Å². The number of rotatable bonds is 6. The third-order valence-corrected chi connectivity index (χ3v) is 5.83. The number of hydrogen-bond acceptors (Lipinski definition) is 6. The van der Waals surface area contributed by atoms with Gasteiger partial charge in [-0.05, 0) is 50.4 Å². The lowest BCUT2D eigenvalue weighted by Crippen LogP contribution is -2.44. The average Bonchev–Trinajstić information content (AvgIpc) is 3.15. The number of hydrogen-bond donors (Lipinski definition) is 2. The molecule has 2 aliphatic heterocycles. The molecule has 25 heavy (non-hydrogen) atoms. The lowest BCUT2D eigenvalue weighted by atomic mass is 9.64. The Morgan fingerprint density at radius 3 is 2.64 bits per heavy atom. The predicted molar refractivity (Wildman–Crippen MR) is 97.0 cm³/mol. The van der Waals surface area contributed by atoms with Crippen molar-refractivity contribution in [1.82, 2.24) is 4.90 Å². The monoisotopic (exact) mass is 345 g/mol. The Bertz CT molecular complexity index is 679. The summed E-state index contributed by atoms with van der Waals surface area (Å²) in [6.45, 7) is 3.03. The topological polar surface area (TPSA) is 80.3 Å². The first kappa shape index (κ1) is 16.7. The van der Waals surface area contributed by atoms with Gasteiger partial charge in [-0.3, -0.25) is 0 Å². The van der Waals surface area contributed by atoms with E-state index in [1.54, 1.807) is 7.11 Å². The van der Waals surface area contributed by atoms with E-state index in [1.807, 2.05) is 12.1 Å². The average molecular weight is 345 g/mol. The minimum atomic E-state index is -0.511. The number of benzene rings is 1. The molecule has 0 bridgehead atoms. The molecule has 6 heteroatoms. The number of methoxy groups -OCH3 is 1. The SMILES string of the molecule is COc1cc2c(cc1OC[C@H](O)CN1CCCC1)N=C(N)C21CCC1. The highest BCUT2D eigenvalue weighted by atomic mass is 16.5. The number of β-amino-alcohol motifs (C(OH)–C–C–N with tert-alkyl or cyclic N) is 1. The molecule has 0 amide bonds. The highest BCUT2D eigenvalue weighted by molar-refractivity contribution is 6.00. The molecule has 1 aliphatic carbocycles. The Hall–Kier alpha value is -1.79. The third-order valence-electron chi connectivity index (χ3n) is 5.83. The van der Waals surface area contributed by atoms with Gasteiger partial charge in [-0.2, -0.15) is 0 Å². The van der Waals surface area contributed by atoms with Crippen molar-refractivity contribution in [3.05, 3.63) is 17.7 Å². The standard InChI is InChI=1S/C19H27N3O3/c1-24-16-9-14-15(21-18(20)19(14)5-4-6-19)10-17(16)25-12-13(23)11-22-7-2-3-8-22/h9-10,13,23H,2-8,11-12H2,1H3,(H2,20,21)/t13-/m1/s1. The Balaban J connectivity index is 1.47. The number of aliphatic imine (C=N–C) groups is 1. The fraction of sp³-hybridized carbons (Fsp3) is 0.632. The van der Waals surface area contributed by atoms with Crippen molar-refractivity contribution < 1.29 is 14.6 Å². The van der Waals surface area contributed by atoms with Gasteiger partial charge in [0.25, 0.3) is 0 Å². The quantitative estimate of drug-likeness (QED) is 0.824. The summed E-state index contributed by atoms with van der Waals surface area (Å²) in [6.07, 6.45) is 5.20. The number of aliphatic hydroxyl groups is 1. The second kappa shape index (κ2) is 6.50. The molecule has 0 radical (unpaired) electrons. The summed E-state index contributed by atoms with van der Waals surface area (Å²) in [7, 11) is 1.64. The molecule has 1 saturated heterocycles. The molecule has 1 spiro atoms. The lowest BCUT2D eigenvalue weighted by molar-refractivity contribution is 0.0747. The molecule has 2 fully saturated rings. The lowest BCUT2D eigenvalue weighted by Gasteiger charge is -2.39. The smallest absolute Gasteiger partial charge is 0.163 e. The van der Waals surface area contributed by atoms with Crippen LogP contribution < -0.4 is 15.2 Å². The Kier molecular flexibility index (Phi) is 4.33. The molecule has 4 rings (SSSR count). The molecular weight excluding hydrogens is 318 g/mol. The van der Waals surface area contributed by atoms with Crippen LogP contribution in [0.1, 0.15) is 37.7 Å². The Labute approximate surface area is 148 Å². The molecule has 1 aromatic rings. The van der Waals surface area contributed by atoms with Crippen LogP contribution in [0.5, 0.6) is 11.5 Å². The van der Waals surface area contributed by atoms with E-state index in [2.05, 4.69) is 9.89 Å². The molecule has 0 aromatic heterocycles. The summed E-state index contributed by atoms with van der Waals surface area (Å²) < 4.78 is 11.4. The number of aliphatic hydroxyl groups excluding tert-OH is 1. The van der Waals surface area contributed by atoms with Gasteiger partial charge < -0.3 is 25.2 Å². The largest absolute Gasteiger partial charge is 0.493 e. The number of amidine groups is 1. The molecule has 3 N–H and O–H groups in total. The van der Waals surface area contributed by atoms with E-state index in [0.29, 0.717) is 23.9 Å². The minimum Gasteiger partial charge on any atom is -0.493 e. The van der Waals surface area contributed by atoms with E-state index >= 15 is 0 Å². The van der Waals surface area contributed by atoms with E-state index in [-0.39, 0.29) is 12.0 Å². The van der Waals surface area contributed by atoms with Gasteiger partial charge in [0.2, 0.25) is 0 Å². The molecule has 1 saturated carbocycles. The van der Waals surface area contributed by atoms with Crippen molar-refractivity contribution >= 4 is 11.5 Å². The first-order valence-electron chi connectivity index (χ1n) is 9.23. The van der Waals surface area contributed by atoms with E-state index in [0.717, 1.165) is 37.2 Å². The molecule has 136 valence electrons. The van der Waals surface area contributed by atoms with Crippen LogP contribution in [0, 0.1) is 0 Å². The van der Waals surface area contributed by atoms with Gasteiger partial charge in [-0.15, -0.1) is 0 Å². The molecule has 2 heterocycles. The molecular formula is C19H27N3O3. The number of ether oxygens (including phenoxy) is 2. The molecule has 0 unspecified atom stereocenters. The summed E-state index contributed by atoms with van der Waals surface area (Å²) in [4.78, 5) is 6.84. The van der Waals surface area contributed by atoms with E-state index in [9.17, 15) is 5.11 Å². The van der Waals surface area contributed by atoms with Crippen molar-refractivity contribution in [1.29, 1.82) is 0 Å². The van der Waals surface area contributed by atoms with Crippen molar-refractivity contribution in [3.63, 3.8) is 0 Å². The first-order valence-corrected chi connectivity index (χ1v) is 9.23. The van der Waals surface area contributed by atoms with E-state index in [4.69, 9.17) is 15.2 Å². The van der Waals surface area contributed by atoms with Gasteiger partial charge in [0.05, 0.1) is 18.2 Å². The maximum Gasteiger partial charge on any atom is 0.163 e. The highest BCUT2D eigenvalue weighted by Crippen LogP contribution is 2.53. The number of nitrogens with zero attached hydrogens (tertiary/aromatic N) is 2. The summed E-state index contributed by atoms with van der Waals surface area (Å²) in [5.41, 5.74) is 8.14.